The molecule has 2 N–H and O–H groups in total. The Hall–Kier alpha value is -3.30. The summed E-state index contributed by atoms with van der Waals surface area (Å²) in [5, 5.41) is 5.68. The summed E-state index contributed by atoms with van der Waals surface area (Å²) >= 11 is 6.23. The van der Waals surface area contributed by atoms with E-state index in [1.807, 2.05) is 0 Å². The summed E-state index contributed by atoms with van der Waals surface area (Å²) < 4.78 is 15.6. The van der Waals surface area contributed by atoms with Crippen LogP contribution in [-0.2, 0) is 14.3 Å². The van der Waals surface area contributed by atoms with Crippen molar-refractivity contribution in [1.29, 1.82) is 0 Å². The number of carbonyl (C=O) groups is 3. The third-order valence-electron chi connectivity index (χ3n) is 5.24. The van der Waals surface area contributed by atoms with Crippen molar-refractivity contribution in [3.05, 3.63) is 47.0 Å². The van der Waals surface area contributed by atoms with Gasteiger partial charge in [-0.05, 0) is 30.3 Å². The number of rotatable bonds is 7. The molecule has 4 rings (SSSR count). The summed E-state index contributed by atoms with van der Waals surface area (Å²) in [5.41, 5.74) is 1.40. The maximum atomic E-state index is 12.8. The van der Waals surface area contributed by atoms with E-state index in [1.165, 1.54) is 6.07 Å². The first-order valence-corrected chi connectivity index (χ1v) is 10.4. The molecular formula is C22H22ClN3O6. The van der Waals surface area contributed by atoms with Gasteiger partial charge in [-0.1, -0.05) is 11.6 Å². The summed E-state index contributed by atoms with van der Waals surface area (Å²) in [4.78, 5) is 39.0. The number of amides is 3. The van der Waals surface area contributed by atoms with Crippen LogP contribution in [0, 0.1) is 5.92 Å². The topological polar surface area (TPSA) is 106 Å². The lowest BCUT2D eigenvalue weighted by atomic mass is 10.1. The van der Waals surface area contributed by atoms with Crippen molar-refractivity contribution < 1.29 is 28.6 Å². The molecule has 1 fully saturated rings. The van der Waals surface area contributed by atoms with Crippen molar-refractivity contribution in [3.8, 4) is 11.5 Å². The molecule has 0 saturated carbocycles. The monoisotopic (exact) mass is 459 g/mol. The summed E-state index contributed by atoms with van der Waals surface area (Å²) in [7, 11) is 1.54. The molecule has 3 amide bonds. The fourth-order valence-electron chi connectivity index (χ4n) is 3.57. The third kappa shape index (κ3) is 4.63. The lowest BCUT2D eigenvalue weighted by molar-refractivity contribution is -0.122. The van der Waals surface area contributed by atoms with Crippen LogP contribution < -0.4 is 25.0 Å². The van der Waals surface area contributed by atoms with Gasteiger partial charge < -0.3 is 29.7 Å². The molecule has 9 nitrogen and oxygen atoms in total. The zero-order valence-corrected chi connectivity index (χ0v) is 18.1. The number of ether oxygens (including phenoxy) is 3. The lowest BCUT2D eigenvalue weighted by Gasteiger charge is -2.17. The SMILES string of the molecule is COCCNC(=O)c1ccc(NC(=O)C2CC(=O)N(c3ccc4c(c3)OCO4)C2)cc1Cl. The van der Waals surface area contributed by atoms with Gasteiger partial charge in [0, 0.05) is 44.1 Å². The van der Waals surface area contributed by atoms with E-state index in [2.05, 4.69) is 10.6 Å². The van der Waals surface area contributed by atoms with Crippen LogP contribution in [0.5, 0.6) is 11.5 Å². The average Bonchev–Trinajstić information content (AvgIpc) is 3.39. The predicted octanol–water partition coefficient (Wildman–Crippen LogP) is 2.44. The van der Waals surface area contributed by atoms with Gasteiger partial charge in [0.05, 0.1) is 23.1 Å². The maximum absolute atomic E-state index is 12.8. The number of nitrogens with one attached hydrogen (secondary N) is 2. The summed E-state index contributed by atoms with van der Waals surface area (Å²) in [6.07, 6.45) is 0.0913. The Balaban J connectivity index is 1.38. The molecular weight excluding hydrogens is 438 g/mol. The Labute approximate surface area is 189 Å². The minimum absolute atomic E-state index is 0.0913. The first kappa shape index (κ1) is 21.9. The summed E-state index contributed by atoms with van der Waals surface area (Å²) in [6.45, 7) is 1.15. The largest absolute Gasteiger partial charge is 0.454 e. The smallest absolute Gasteiger partial charge is 0.252 e. The van der Waals surface area contributed by atoms with Crippen LogP contribution in [0.2, 0.25) is 5.02 Å². The van der Waals surface area contributed by atoms with Crippen molar-refractivity contribution in [2.75, 3.05) is 43.8 Å². The van der Waals surface area contributed by atoms with Crippen LogP contribution >= 0.6 is 11.6 Å². The zero-order valence-electron chi connectivity index (χ0n) is 17.4. The number of nitrogens with zero attached hydrogens (tertiary/aromatic N) is 1. The van der Waals surface area contributed by atoms with Crippen LogP contribution in [0.15, 0.2) is 36.4 Å². The summed E-state index contributed by atoms with van der Waals surface area (Å²) in [5.74, 6) is -0.0962. The maximum Gasteiger partial charge on any atom is 0.252 e. The van der Waals surface area contributed by atoms with Gasteiger partial charge in [0.1, 0.15) is 0 Å². The van der Waals surface area contributed by atoms with Crippen molar-refractivity contribution in [1.82, 2.24) is 5.32 Å². The molecule has 10 heteroatoms. The standard InChI is InChI=1S/C22H22ClN3O6/c1-30-7-6-24-22(29)16-4-2-14(9-17(16)23)25-21(28)13-8-20(27)26(11-13)15-3-5-18-19(10-15)32-12-31-18/h2-5,9-10,13H,6-8,11-12H2,1H3,(H,24,29)(H,25,28). The number of benzene rings is 2. The summed E-state index contributed by atoms with van der Waals surface area (Å²) in [6, 6.07) is 9.89. The second kappa shape index (κ2) is 9.46. The highest BCUT2D eigenvalue weighted by Gasteiger charge is 2.35. The molecule has 2 aromatic carbocycles. The van der Waals surface area contributed by atoms with E-state index in [-0.39, 0.29) is 42.5 Å². The Kier molecular flexibility index (Phi) is 6.48. The van der Waals surface area contributed by atoms with Crippen LogP contribution in [0.4, 0.5) is 11.4 Å². The Bertz CT molecular complexity index is 1060. The number of hydrogen-bond donors (Lipinski definition) is 2. The van der Waals surface area contributed by atoms with E-state index >= 15 is 0 Å². The third-order valence-corrected chi connectivity index (χ3v) is 5.55. The van der Waals surface area contributed by atoms with E-state index < -0.39 is 5.92 Å². The highest BCUT2D eigenvalue weighted by Crippen LogP contribution is 2.37. The van der Waals surface area contributed by atoms with Crippen LogP contribution in [0.1, 0.15) is 16.8 Å². The van der Waals surface area contributed by atoms with E-state index in [9.17, 15) is 14.4 Å². The first-order chi connectivity index (χ1) is 15.5. The number of carbonyl (C=O) groups excluding carboxylic acids is 3. The minimum Gasteiger partial charge on any atom is -0.454 e. The number of hydrogen-bond acceptors (Lipinski definition) is 6. The second-order valence-electron chi connectivity index (χ2n) is 7.38. The van der Waals surface area contributed by atoms with Gasteiger partial charge in [0.25, 0.3) is 5.91 Å². The molecule has 0 aromatic heterocycles. The van der Waals surface area contributed by atoms with Crippen molar-refractivity contribution in [2.45, 2.75) is 6.42 Å². The molecule has 2 aliphatic heterocycles. The molecule has 168 valence electrons. The molecule has 2 aromatic rings. The van der Waals surface area contributed by atoms with Crippen molar-refractivity contribution in [2.24, 2.45) is 5.92 Å². The number of anilines is 2. The number of fused-ring (bicyclic) bond motifs is 1. The van der Waals surface area contributed by atoms with E-state index in [1.54, 1.807) is 42.3 Å². The van der Waals surface area contributed by atoms with E-state index in [0.717, 1.165) is 0 Å². The lowest BCUT2D eigenvalue weighted by Crippen LogP contribution is -2.28. The Morgan fingerprint density at radius 3 is 2.78 bits per heavy atom. The zero-order chi connectivity index (χ0) is 22.7. The molecule has 0 aliphatic carbocycles. The van der Waals surface area contributed by atoms with Gasteiger partial charge in [0.15, 0.2) is 11.5 Å². The highest BCUT2D eigenvalue weighted by atomic mass is 35.5. The Morgan fingerprint density at radius 1 is 1.19 bits per heavy atom. The van der Waals surface area contributed by atoms with Crippen molar-refractivity contribution in [3.63, 3.8) is 0 Å². The molecule has 32 heavy (non-hydrogen) atoms. The molecule has 1 unspecified atom stereocenters. The van der Waals surface area contributed by atoms with Crippen LogP contribution in [-0.4, -0.2) is 51.3 Å². The van der Waals surface area contributed by atoms with Gasteiger partial charge in [-0.2, -0.15) is 0 Å². The fraction of sp³-hybridized carbons (Fsp3) is 0.318. The van der Waals surface area contributed by atoms with Gasteiger partial charge in [0.2, 0.25) is 18.6 Å². The van der Waals surface area contributed by atoms with Gasteiger partial charge in [-0.15, -0.1) is 0 Å². The first-order valence-electron chi connectivity index (χ1n) is 10.0. The van der Waals surface area contributed by atoms with Crippen LogP contribution in [0.25, 0.3) is 0 Å². The molecule has 0 spiro atoms. The second-order valence-corrected chi connectivity index (χ2v) is 7.78. The molecule has 1 atom stereocenters. The predicted molar refractivity (Wildman–Crippen MR) is 117 cm³/mol. The minimum atomic E-state index is -0.524. The number of methoxy groups -OCH3 is 1. The molecule has 2 heterocycles. The molecule has 0 radical (unpaired) electrons. The van der Waals surface area contributed by atoms with Gasteiger partial charge in [-0.3, -0.25) is 14.4 Å². The van der Waals surface area contributed by atoms with E-state index in [0.29, 0.717) is 41.6 Å². The normalized spacial score (nSPS) is 16.9. The fourth-order valence-corrected chi connectivity index (χ4v) is 3.84. The van der Waals surface area contributed by atoms with Gasteiger partial charge >= 0.3 is 0 Å². The molecule has 0 bridgehead atoms. The highest BCUT2D eigenvalue weighted by molar-refractivity contribution is 6.34. The number of halogens is 1. The quantitative estimate of drug-likeness (QED) is 0.616. The Morgan fingerprint density at radius 2 is 2.00 bits per heavy atom. The molecule has 1 saturated heterocycles. The van der Waals surface area contributed by atoms with Crippen molar-refractivity contribution >= 4 is 40.7 Å². The molecule has 2 aliphatic rings. The van der Waals surface area contributed by atoms with E-state index in [4.69, 9.17) is 25.8 Å². The van der Waals surface area contributed by atoms with Crippen LogP contribution in [0.3, 0.4) is 0 Å². The average molecular weight is 460 g/mol. The van der Waals surface area contributed by atoms with Gasteiger partial charge in [-0.25, -0.2) is 0 Å².